The third-order valence-electron chi connectivity index (χ3n) is 3.41. The van der Waals surface area contributed by atoms with Gasteiger partial charge in [0.1, 0.15) is 5.75 Å². The molecule has 2 N–H and O–H groups in total. The van der Waals surface area contributed by atoms with Gasteiger partial charge in [0.15, 0.2) is 5.11 Å². The third-order valence-corrected chi connectivity index (χ3v) is 3.63. The number of hydrogen-bond donors (Lipinski definition) is 2. The van der Waals surface area contributed by atoms with E-state index in [1.54, 1.807) is 14.0 Å². The molecule has 2 rings (SSSR count). The van der Waals surface area contributed by atoms with Crippen LogP contribution in [0.4, 0.5) is 0 Å². The number of nitrogens with one attached hydrogen (secondary N) is 2. The Labute approximate surface area is 141 Å². The van der Waals surface area contributed by atoms with Crippen molar-refractivity contribution >= 4 is 29.4 Å². The van der Waals surface area contributed by atoms with E-state index in [0.29, 0.717) is 23.0 Å². The summed E-state index contributed by atoms with van der Waals surface area (Å²) in [5, 5.41) is 6.51. The molecule has 0 amide bonds. The van der Waals surface area contributed by atoms with Crippen LogP contribution in [0.25, 0.3) is 6.08 Å². The van der Waals surface area contributed by atoms with Crippen molar-refractivity contribution in [1.82, 2.24) is 10.6 Å². The van der Waals surface area contributed by atoms with Crippen molar-refractivity contribution in [3.8, 4) is 5.75 Å². The minimum absolute atomic E-state index is 0.322. The molecule has 0 unspecified atom stereocenters. The van der Waals surface area contributed by atoms with Crippen LogP contribution in [0.1, 0.15) is 19.4 Å². The van der Waals surface area contributed by atoms with Gasteiger partial charge in [-0.2, -0.15) is 0 Å². The number of thiocarbonyl (C=S) groups is 1. The zero-order chi connectivity index (χ0) is 16.8. The fourth-order valence-corrected chi connectivity index (χ4v) is 2.64. The lowest BCUT2D eigenvalue weighted by molar-refractivity contribution is -0.138. The van der Waals surface area contributed by atoms with Crippen LogP contribution in [0.15, 0.2) is 41.6 Å². The van der Waals surface area contributed by atoms with Gasteiger partial charge in [-0.1, -0.05) is 30.4 Å². The highest BCUT2D eigenvalue weighted by atomic mass is 32.1. The number of benzene rings is 1. The monoisotopic (exact) mass is 332 g/mol. The second-order valence-corrected chi connectivity index (χ2v) is 5.34. The fraction of sp³-hybridized carbons (Fsp3) is 0.294. The minimum atomic E-state index is -0.359. The molecular formula is C17H20N2O3S. The Kier molecular flexibility index (Phi) is 5.76. The number of rotatable bonds is 5. The largest absolute Gasteiger partial charge is 0.496 e. The predicted octanol–water partition coefficient (Wildman–Crippen LogP) is 2.39. The van der Waals surface area contributed by atoms with Crippen LogP contribution in [-0.4, -0.2) is 30.8 Å². The molecule has 0 spiro atoms. The number of allylic oxidation sites excluding steroid dienone is 1. The Morgan fingerprint density at radius 2 is 2.13 bits per heavy atom. The number of para-hydroxylation sites is 1. The molecule has 122 valence electrons. The lowest BCUT2D eigenvalue weighted by Gasteiger charge is -2.27. The highest BCUT2D eigenvalue weighted by Crippen LogP contribution is 2.21. The molecule has 5 nitrogen and oxygen atoms in total. The molecule has 1 aliphatic heterocycles. The van der Waals surface area contributed by atoms with Crippen molar-refractivity contribution in [3.63, 3.8) is 0 Å². The second kappa shape index (κ2) is 7.78. The number of esters is 1. The normalized spacial score (nSPS) is 17.7. The Morgan fingerprint density at radius 3 is 2.83 bits per heavy atom. The topological polar surface area (TPSA) is 59.6 Å². The highest BCUT2D eigenvalue weighted by Gasteiger charge is 2.27. The van der Waals surface area contributed by atoms with Crippen LogP contribution >= 0.6 is 12.2 Å². The highest BCUT2D eigenvalue weighted by molar-refractivity contribution is 7.80. The van der Waals surface area contributed by atoms with Crippen molar-refractivity contribution in [1.29, 1.82) is 0 Å². The van der Waals surface area contributed by atoms with Gasteiger partial charge < -0.3 is 20.1 Å². The Bertz CT molecular complexity index is 668. The van der Waals surface area contributed by atoms with Crippen LogP contribution in [0.3, 0.4) is 0 Å². The van der Waals surface area contributed by atoms with Gasteiger partial charge in [0, 0.05) is 11.3 Å². The average molecular weight is 332 g/mol. The molecule has 1 aliphatic rings. The first-order chi connectivity index (χ1) is 11.1. The molecule has 1 aromatic carbocycles. The fourth-order valence-electron chi connectivity index (χ4n) is 2.36. The Balaban J connectivity index is 2.31. The van der Waals surface area contributed by atoms with Crippen molar-refractivity contribution in [2.75, 3.05) is 13.7 Å². The molecule has 0 saturated carbocycles. The van der Waals surface area contributed by atoms with E-state index in [2.05, 4.69) is 10.6 Å². The van der Waals surface area contributed by atoms with Crippen LogP contribution in [0.5, 0.6) is 5.75 Å². The number of methoxy groups -OCH3 is 1. The van der Waals surface area contributed by atoms with E-state index < -0.39 is 0 Å². The summed E-state index contributed by atoms with van der Waals surface area (Å²) in [6, 6.07) is 7.30. The molecular weight excluding hydrogens is 312 g/mol. The van der Waals surface area contributed by atoms with E-state index in [1.807, 2.05) is 43.3 Å². The van der Waals surface area contributed by atoms with Crippen molar-refractivity contribution < 1.29 is 14.3 Å². The summed E-state index contributed by atoms with van der Waals surface area (Å²) in [4.78, 5) is 12.2. The average Bonchev–Trinajstić information content (AvgIpc) is 2.52. The molecule has 0 fully saturated rings. The van der Waals surface area contributed by atoms with Crippen LogP contribution < -0.4 is 15.4 Å². The smallest absolute Gasteiger partial charge is 0.338 e. The van der Waals surface area contributed by atoms with Crippen molar-refractivity contribution in [3.05, 3.63) is 47.2 Å². The SMILES string of the molecule is CCOC(=O)C1=C(C)NC(=S)N[C@H]1/C=C/c1ccccc1OC. The maximum atomic E-state index is 12.2. The molecule has 23 heavy (non-hydrogen) atoms. The maximum Gasteiger partial charge on any atom is 0.338 e. The van der Waals surface area contributed by atoms with Gasteiger partial charge in [-0.05, 0) is 32.1 Å². The summed E-state index contributed by atoms with van der Waals surface area (Å²) in [5.74, 6) is 0.404. The van der Waals surface area contributed by atoms with E-state index in [-0.39, 0.29) is 12.0 Å². The molecule has 0 radical (unpaired) electrons. The lowest BCUT2D eigenvalue weighted by atomic mass is 10.0. The first-order valence-corrected chi connectivity index (χ1v) is 7.74. The van der Waals surface area contributed by atoms with Crippen LogP contribution in [0, 0.1) is 0 Å². The molecule has 6 heteroatoms. The van der Waals surface area contributed by atoms with Gasteiger partial charge in [-0.25, -0.2) is 4.79 Å². The van der Waals surface area contributed by atoms with E-state index in [1.165, 1.54) is 0 Å². The molecule has 0 aromatic heterocycles. The summed E-state index contributed by atoms with van der Waals surface area (Å²) in [6.45, 7) is 3.91. The molecule has 0 aliphatic carbocycles. The molecule has 1 atom stereocenters. The van der Waals surface area contributed by atoms with Crippen LogP contribution in [-0.2, 0) is 9.53 Å². The summed E-state index contributed by atoms with van der Waals surface area (Å²) < 4.78 is 10.5. The van der Waals surface area contributed by atoms with Gasteiger partial charge >= 0.3 is 5.97 Å². The maximum absolute atomic E-state index is 12.2. The first kappa shape index (κ1) is 17.0. The number of carbonyl (C=O) groups is 1. The molecule has 1 heterocycles. The van der Waals surface area contributed by atoms with E-state index >= 15 is 0 Å². The zero-order valence-corrected chi connectivity index (χ0v) is 14.2. The predicted molar refractivity (Wildman–Crippen MR) is 94.0 cm³/mol. The van der Waals surface area contributed by atoms with Crippen LogP contribution in [0.2, 0.25) is 0 Å². The minimum Gasteiger partial charge on any atom is -0.496 e. The van der Waals surface area contributed by atoms with Crippen molar-refractivity contribution in [2.24, 2.45) is 0 Å². The van der Waals surface area contributed by atoms with E-state index in [0.717, 1.165) is 11.3 Å². The van der Waals surface area contributed by atoms with Gasteiger partial charge in [0.05, 0.1) is 25.3 Å². The standard InChI is InChI=1S/C17H20N2O3S/c1-4-22-16(20)15-11(2)18-17(23)19-13(15)10-9-12-7-5-6-8-14(12)21-3/h5-10,13H,4H2,1-3H3,(H2,18,19,23)/b10-9+/t13-/m0/s1. The second-order valence-electron chi connectivity index (χ2n) is 4.94. The number of hydrogen-bond acceptors (Lipinski definition) is 4. The summed E-state index contributed by atoms with van der Waals surface area (Å²) in [6.07, 6.45) is 3.78. The quantitative estimate of drug-likeness (QED) is 0.638. The lowest BCUT2D eigenvalue weighted by Crippen LogP contribution is -2.48. The van der Waals surface area contributed by atoms with E-state index in [4.69, 9.17) is 21.7 Å². The number of carbonyl (C=O) groups excluding carboxylic acids is 1. The Morgan fingerprint density at radius 1 is 1.39 bits per heavy atom. The Hall–Kier alpha value is -2.34. The van der Waals surface area contributed by atoms with Gasteiger partial charge in [-0.15, -0.1) is 0 Å². The van der Waals surface area contributed by atoms with Gasteiger partial charge in [0.2, 0.25) is 0 Å². The third kappa shape index (κ3) is 4.10. The van der Waals surface area contributed by atoms with Gasteiger partial charge in [-0.3, -0.25) is 0 Å². The van der Waals surface area contributed by atoms with E-state index in [9.17, 15) is 4.79 Å². The van der Waals surface area contributed by atoms with Gasteiger partial charge in [0.25, 0.3) is 0 Å². The molecule has 0 bridgehead atoms. The zero-order valence-electron chi connectivity index (χ0n) is 13.4. The number of ether oxygens (including phenoxy) is 2. The molecule has 1 aromatic rings. The summed E-state index contributed by atoms with van der Waals surface area (Å²) >= 11 is 5.18. The molecule has 0 saturated heterocycles. The summed E-state index contributed by atoms with van der Waals surface area (Å²) in [5.41, 5.74) is 2.13. The van der Waals surface area contributed by atoms with Crippen molar-refractivity contribution in [2.45, 2.75) is 19.9 Å². The summed E-state index contributed by atoms with van der Waals surface area (Å²) in [7, 11) is 1.62. The first-order valence-electron chi connectivity index (χ1n) is 7.33.